The molecule has 30 heavy (non-hydrogen) atoms. The summed E-state index contributed by atoms with van der Waals surface area (Å²) in [5.74, 6) is 0. The third-order valence-corrected chi connectivity index (χ3v) is 6.16. The minimum absolute atomic E-state index is 0.291. The molecule has 0 radical (unpaired) electrons. The summed E-state index contributed by atoms with van der Waals surface area (Å²) in [5, 5.41) is 9.26. The molecule has 3 rings (SSSR count). The maximum absolute atomic E-state index is 13.2. The van der Waals surface area contributed by atoms with Gasteiger partial charge in [-0.15, -0.1) is 0 Å². The van der Waals surface area contributed by atoms with Crippen molar-refractivity contribution in [3.05, 3.63) is 69.7 Å². The lowest BCUT2D eigenvalue weighted by Gasteiger charge is -2.41. The third kappa shape index (κ3) is 5.16. The van der Waals surface area contributed by atoms with E-state index in [1.54, 1.807) is 13.0 Å². The molecule has 1 fully saturated rings. The molecular formula is C22H23BrF3NO3. The van der Waals surface area contributed by atoms with Gasteiger partial charge < -0.3 is 14.7 Å². The fourth-order valence-electron chi connectivity index (χ4n) is 3.83. The van der Waals surface area contributed by atoms with Crippen molar-refractivity contribution in [2.75, 3.05) is 19.7 Å². The van der Waals surface area contributed by atoms with Gasteiger partial charge in [0.1, 0.15) is 0 Å². The molecule has 4 nitrogen and oxygen atoms in total. The second-order valence-corrected chi connectivity index (χ2v) is 8.56. The Morgan fingerprint density at radius 1 is 1.20 bits per heavy atom. The van der Waals surface area contributed by atoms with E-state index in [4.69, 9.17) is 4.74 Å². The summed E-state index contributed by atoms with van der Waals surface area (Å²) in [6.07, 6.45) is -4.76. The van der Waals surface area contributed by atoms with E-state index in [1.165, 1.54) is 4.90 Å². The first-order valence-electron chi connectivity index (χ1n) is 9.63. The molecule has 162 valence electrons. The van der Waals surface area contributed by atoms with Gasteiger partial charge in [0.25, 0.3) is 0 Å². The van der Waals surface area contributed by atoms with Gasteiger partial charge in [-0.1, -0.05) is 46.3 Å². The molecule has 0 aromatic heterocycles. The van der Waals surface area contributed by atoms with E-state index in [1.807, 2.05) is 30.3 Å². The molecule has 1 amide bonds. The molecule has 1 saturated heterocycles. The maximum Gasteiger partial charge on any atom is 0.416 e. The summed E-state index contributed by atoms with van der Waals surface area (Å²) in [5.41, 5.74) is 0.366. The number of amides is 1. The van der Waals surface area contributed by atoms with Gasteiger partial charge >= 0.3 is 12.3 Å². The Kier molecular flexibility index (Phi) is 6.77. The van der Waals surface area contributed by atoms with E-state index < -0.39 is 23.9 Å². The molecule has 1 atom stereocenters. The Bertz CT molecular complexity index is 881. The smallest absolute Gasteiger partial charge is 0.416 e. The number of halogens is 4. The Hall–Kier alpha value is -2.06. The Morgan fingerprint density at radius 2 is 1.83 bits per heavy atom. The first kappa shape index (κ1) is 22.6. The minimum atomic E-state index is -4.44. The Labute approximate surface area is 181 Å². The SMILES string of the molecule is CC(OCC1(c2ccccc2)CCN(C(=O)O)CC1)c1cc(Br)cc(C(F)(F)F)c1. The summed E-state index contributed by atoms with van der Waals surface area (Å²) in [4.78, 5) is 12.7. The lowest BCUT2D eigenvalue weighted by molar-refractivity contribution is -0.137. The summed E-state index contributed by atoms with van der Waals surface area (Å²) in [6.45, 7) is 2.79. The summed E-state index contributed by atoms with van der Waals surface area (Å²) >= 11 is 3.15. The zero-order valence-corrected chi connectivity index (χ0v) is 18.0. The van der Waals surface area contributed by atoms with Crippen molar-refractivity contribution in [3.63, 3.8) is 0 Å². The van der Waals surface area contributed by atoms with Crippen LogP contribution >= 0.6 is 15.9 Å². The van der Waals surface area contributed by atoms with Crippen LogP contribution < -0.4 is 0 Å². The van der Waals surface area contributed by atoms with Crippen molar-refractivity contribution in [3.8, 4) is 0 Å². The highest BCUT2D eigenvalue weighted by Gasteiger charge is 2.38. The van der Waals surface area contributed by atoms with E-state index in [9.17, 15) is 23.1 Å². The predicted octanol–water partition coefficient (Wildman–Crippen LogP) is 6.26. The average molecular weight is 486 g/mol. The second-order valence-electron chi connectivity index (χ2n) is 7.64. The van der Waals surface area contributed by atoms with Gasteiger partial charge in [0, 0.05) is 23.0 Å². The number of rotatable bonds is 5. The lowest BCUT2D eigenvalue weighted by Crippen LogP contribution is -2.47. The molecule has 1 aliphatic rings. The van der Waals surface area contributed by atoms with Gasteiger partial charge in [-0.3, -0.25) is 0 Å². The minimum Gasteiger partial charge on any atom is -0.465 e. The van der Waals surface area contributed by atoms with Crippen molar-refractivity contribution in [2.45, 2.75) is 37.5 Å². The van der Waals surface area contributed by atoms with E-state index in [0.717, 1.165) is 17.7 Å². The normalized spacial score (nSPS) is 17.6. The number of hydrogen-bond acceptors (Lipinski definition) is 2. The number of likely N-dealkylation sites (tertiary alicyclic amines) is 1. The number of alkyl halides is 3. The van der Waals surface area contributed by atoms with Crippen molar-refractivity contribution in [1.82, 2.24) is 4.90 Å². The number of carbonyl (C=O) groups is 1. The molecule has 0 saturated carbocycles. The van der Waals surface area contributed by atoms with Crippen LogP contribution in [0.5, 0.6) is 0 Å². The van der Waals surface area contributed by atoms with Crippen molar-refractivity contribution < 1.29 is 27.8 Å². The molecule has 0 spiro atoms. The molecule has 1 aliphatic heterocycles. The zero-order valence-electron chi connectivity index (χ0n) is 16.5. The number of ether oxygens (including phenoxy) is 1. The van der Waals surface area contributed by atoms with Crippen LogP contribution in [0.1, 0.15) is 42.6 Å². The second kappa shape index (κ2) is 8.98. The van der Waals surface area contributed by atoms with Crippen LogP contribution in [0.2, 0.25) is 0 Å². The van der Waals surface area contributed by atoms with E-state index >= 15 is 0 Å². The first-order chi connectivity index (χ1) is 14.1. The molecule has 0 bridgehead atoms. The van der Waals surface area contributed by atoms with Crippen LogP contribution in [0.3, 0.4) is 0 Å². The molecule has 0 aliphatic carbocycles. The van der Waals surface area contributed by atoms with Crippen LogP contribution in [0.4, 0.5) is 18.0 Å². The number of nitrogens with zero attached hydrogens (tertiary/aromatic N) is 1. The number of hydrogen-bond donors (Lipinski definition) is 1. The van der Waals surface area contributed by atoms with Crippen molar-refractivity contribution in [2.24, 2.45) is 0 Å². The highest BCUT2D eigenvalue weighted by molar-refractivity contribution is 9.10. The molecule has 2 aromatic rings. The summed E-state index contributed by atoms with van der Waals surface area (Å²) in [6, 6.07) is 13.5. The number of carboxylic acid groups (broad SMARTS) is 1. The van der Waals surface area contributed by atoms with Gasteiger partial charge in [-0.25, -0.2) is 4.79 Å². The molecule has 1 N–H and O–H groups in total. The molecule has 1 unspecified atom stereocenters. The van der Waals surface area contributed by atoms with Crippen LogP contribution in [0.15, 0.2) is 53.0 Å². The molecular weight excluding hydrogens is 463 g/mol. The van der Waals surface area contributed by atoms with Gasteiger partial charge in [-0.2, -0.15) is 13.2 Å². The van der Waals surface area contributed by atoms with Crippen LogP contribution in [0, 0.1) is 0 Å². The van der Waals surface area contributed by atoms with Gasteiger partial charge in [0.05, 0.1) is 18.3 Å². The third-order valence-electron chi connectivity index (χ3n) is 5.70. The first-order valence-corrected chi connectivity index (χ1v) is 10.4. The monoisotopic (exact) mass is 485 g/mol. The van der Waals surface area contributed by atoms with E-state index in [-0.39, 0.29) is 5.41 Å². The summed E-state index contributed by atoms with van der Waals surface area (Å²) < 4.78 is 45.9. The van der Waals surface area contributed by atoms with Crippen LogP contribution in [-0.2, 0) is 16.3 Å². The Morgan fingerprint density at radius 3 is 2.40 bits per heavy atom. The van der Waals surface area contributed by atoms with Crippen molar-refractivity contribution >= 4 is 22.0 Å². The van der Waals surface area contributed by atoms with Gasteiger partial charge in [-0.05, 0) is 49.1 Å². The highest BCUT2D eigenvalue weighted by atomic mass is 79.9. The van der Waals surface area contributed by atoms with Crippen LogP contribution in [0.25, 0.3) is 0 Å². The largest absolute Gasteiger partial charge is 0.465 e. The van der Waals surface area contributed by atoms with Gasteiger partial charge in [0.15, 0.2) is 0 Å². The van der Waals surface area contributed by atoms with E-state index in [2.05, 4.69) is 15.9 Å². The predicted molar refractivity (Wildman–Crippen MR) is 110 cm³/mol. The fraction of sp³-hybridized carbons (Fsp3) is 0.409. The number of benzene rings is 2. The highest BCUT2D eigenvalue weighted by Crippen LogP contribution is 2.38. The number of piperidine rings is 1. The van der Waals surface area contributed by atoms with Crippen molar-refractivity contribution in [1.29, 1.82) is 0 Å². The van der Waals surface area contributed by atoms with E-state index in [0.29, 0.717) is 42.6 Å². The topological polar surface area (TPSA) is 49.8 Å². The lowest BCUT2D eigenvalue weighted by atomic mass is 9.73. The molecule has 2 aromatic carbocycles. The molecule has 8 heteroatoms. The maximum atomic E-state index is 13.2. The summed E-state index contributed by atoms with van der Waals surface area (Å²) in [7, 11) is 0. The standard InChI is InChI=1S/C22H23BrF3NO3/c1-15(16-11-18(22(24,25)26)13-19(23)12-16)30-14-21(17-5-3-2-4-6-17)7-9-27(10-8-21)20(28)29/h2-6,11-13,15H,7-10,14H2,1H3,(H,28,29). The molecule has 1 heterocycles. The van der Waals surface area contributed by atoms with Crippen LogP contribution in [-0.4, -0.2) is 35.8 Å². The zero-order chi connectivity index (χ0) is 21.9. The fourth-order valence-corrected chi connectivity index (χ4v) is 4.34. The quantitative estimate of drug-likeness (QED) is 0.543. The van der Waals surface area contributed by atoms with Gasteiger partial charge in [0.2, 0.25) is 0 Å². The Balaban J connectivity index is 1.80. The average Bonchev–Trinajstić information content (AvgIpc) is 2.72.